The van der Waals surface area contributed by atoms with Crippen molar-refractivity contribution in [1.29, 1.82) is 0 Å². The van der Waals surface area contributed by atoms with Crippen LogP contribution in [0.2, 0.25) is 5.02 Å². The number of rotatable bonds is 6. The van der Waals surface area contributed by atoms with E-state index >= 15 is 0 Å². The maximum atomic E-state index is 13.0. The molecule has 128 valence electrons. The summed E-state index contributed by atoms with van der Waals surface area (Å²) in [6.07, 6.45) is 2.13. The molecule has 1 heterocycles. The Morgan fingerprint density at radius 2 is 1.96 bits per heavy atom. The van der Waals surface area contributed by atoms with Crippen molar-refractivity contribution < 1.29 is 9.18 Å². The van der Waals surface area contributed by atoms with Crippen LogP contribution in [0.25, 0.3) is 10.9 Å². The smallest absolute Gasteiger partial charge is 0.222 e. The monoisotopic (exact) mass is 357 g/mol. The summed E-state index contributed by atoms with van der Waals surface area (Å²) in [5.74, 6) is -1.14. The second kappa shape index (κ2) is 7.49. The van der Waals surface area contributed by atoms with Gasteiger partial charge in [0.25, 0.3) is 0 Å². The van der Waals surface area contributed by atoms with E-state index in [4.69, 9.17) is 17.3 Å². The molecule has 1 atom stereocenters. The third-order valence-corrected chi connectivity index (χ3v) is 4.28. The van der Waals surface area contributed by atoms with Gasteiger partial charge >= 0.3 is 0 Å². The minimum atomic E-state index is -0.423. The number of nitrogens with two attached hydrogens (primary N) is 1. The molecule has 3 rings (SSSR count). The van der Waals surface area contributed by atoms with Gasteiger partial charge in [0.15, 0.2) is 0 Å². The van der Waals surface area contributed by atoms with E-state index in [1.807, 2.05) is 18.2 Å². The number of carbonyl (C=O) groups excluding carboxylic acids is 1. The number of pyridine rings is 1. The van der Waals surface area contributed by atoms with Gasteiger partial charge in [-0.2, -0.15) is 0 Å². The van der Waals surface area contributed by atoms with E-state index < -0.39 is 11.8 Å². The Labute approximate surface area is 149 Å². The first-order valence-corrected chi connectivity index (χ1v) is 8.22. The van der Waals surface area contributed by atoms with Crippen molar-refractivity contribution in [3.8, 4) is 0 Å². The fourth-order valence-electron chi connectivity index (χ4n) is 2.68. The summed E-state index contributed by atoms with van der Waals surface area (Å²) in [5, 5.41) is 4.74. The average Bonchev–Trinajstić information content (AvgIpc) is 2.60. The summed E-state index contributed by atoms with van der Waals surface area (Å²) in [7, 11) is 0. The van der Waals surface area contributed by atoms with Crippen LogP contribution in [-0.4, -0.2) is 17.4 Å². The molecule has 6 heteroatoms. The third-order valence-electron chi connectivity index (χ3n) is 4.04. The van der Waals surface area contributed by atoms with E-state index in [2.05, 4.69) is 10.3 Å². The molecule has 0 aliphatic heterocycles. The van der Waals surface area contributed by atoms with Crippen LogP contribution < -0.4 is 11.1 Å². The van der Waals surface area contributed by atoms with Crippen LogP contribution in [-0.2, 0) is 11.2 Å². The molecule has 0 aliphatic rings. The van der Waals surface area contributed by atoms with Crippen molar-refractivity contribution >= 4 is 34.1 Å². The lowest BCUT2D eigenvalue weighted by Crippen LogP contribution is -2.31. The van der Waals surface area contributed by atoms with E-state index in [-0.39, 0.29) is 5.82 Å². The minimum Gasteiger partial charge on any atom is -0.384 e. The topological polar surface area (TPSA) is 68.0 Å². The molecule has 0 saturated carbocycles. The summed E-state index contributed by atoms with van der Waals surface area (Å²) >= 11 is 6.06. The number of nitrogens with one attached hydrogen (secondary N) is 1. The highest BCUT2D eigenvalue weighted by Crippen LogP contribution is 2.25. The lowest BCUT2D eigenvalue weighted by atomic mass is 9.98. The van der Waals surface area contributed by atoms with Crippen molar-refractivity contribution in [2.45, 2.75) is 6.42 Å². The lowest BCUT2D eigenvalue weighted by Gasteiger charge is -2.16. The van der Waals surface area contributed by atoms with Crippen LogP contribution >= 0.6 is 11.6 Å². The van der Waals surface area contributed by atoms with Gasteiger partial charge in [-0.15, -0.1) is 0 Å². The zero-order valence-corrected chi connectivity index (χ0v) is 14.1. The van der Waals surface area contributed by atoms with Crippen molar-refractivity contribution in [3.63, 3.8) is 0 Å². The quantitative estimate of drug-likeness (QED) is 0.705. The maximum absolute atomic E-state index is 13.0. The summed E-state index contributed by atoms with van der Waals surface area (Å²) in [6.45, 7) is 0.359. The van der Waals surface area contributed by atoms with E-state index in [0.717, 1.165) is 22.2 Å². The highest BCUT2D eigenvalue weighted by molar-refractivity contribution is 6.31. The molecule has 2 aromatic carbocycles. The zero-order chi connectivity index (χ0) is 17.8. The molecule has 1 unspecified atom stereocenters. The number of hydrogen-bond donors (Lipinski definition) is 2. The van der Waals surface area contributed by atoms with E-state index in [1.165, 1.54) is 12.1 Å². The van der Waals surface area contributed by atoms with Crippen LogP contribution in [0, 0.1) is 11.7 Å². The van der Waals surface area contributed by atoms with E-state index in [1.54, 1.807) is 24.4 Å². The molecule has 25 heavy (non-hydrogen) atoms. The molecule has 3 N–H and O–H groups in total. The molecule has 0 aliphatic carbocycles. The number of fused-ring (bicyclic) bond motifs is 1. The SMILES string of the molecule is NC(=O)C(CNc1ccnc2ccc(Cl)cc12)Cc1ccc(F)cc1. The van der Waals surface area contributed by atoms with Crippen molar-refractivity contribution in [2.75, 3.05) is 11.9 Å². The number of benzene rings is 2. The minimum absolute atomic E-state index is 0.308. The van der Waals surface area contributed by atoms with Crippen molar-refractivity contribution in [3.05, 3.63) is 71.1 Å². The Hall–Kier alpha value is -2.66. The summed E-state index contributed by atoms with van der Waals surface area (Å²) in [4.78, 5) is 16.1. The number of halogens is 2. The Morgan fingerprint density at radius 3 is 2.68 bits per heavy atom. The van der Waals surface area contributed by atoms with Gasteiger partial charge in [0, 0.05) is 28.8 Å². The van der Waals surface area contributed by atoms with Crippen LogP contribution in [0.1, 0.15) is 5.56 Å². The Morgan fingerprint density at radius 1 is 1.20 bits per heavy atom. The van der Waals surface area contributed by atoms with Gasteiger partial charge < -0.3 is 11.1 Å². The summed E-state index contributed by atoms with van der Waals surface area (Å²) in [5.41, 5.74) is 8.03. The average molecular weight is 358 g/mol. The first kappa shape index (κ1) is 17.2. The number of amides is 1. The van der Waals surface area contributed by atoms with Gasteiger partial charge in [-0.25, -0.2) is 4.39 Å². The van der Waals surface area contributed by atoms with Gasteiger partial charge in [0.2, 0.25) is 5.91 Å². The highest BCUT2D eigenvalue weighted by Gasteiger charge is 2.16. The molecular formula is C19H17ClFN3O. The molecule has 4 nitrogen and oxygen atoms in total. The van der Waals surface area contributed by atoms with Gasteiger partial charge in [-0.3, -0.25) is 9.78 Å². The van der Waals surface area contributed by atoms with Gasteiger partial charge in [0.05, 0.1) is 11.4 Å². The van der Waals surface area contributed by atoms with Crippen LogP contribution in [0.15, 0.2) is 54.7 Å². The molecule has 0 radical (unpaired) electrons. The first-order valence-electron chi connectivity index (χ1n) is 7.85. The van der Waals surface area contributed by atoms with Crippen molar-refractivity contribution in [1.82, 2.24) is 4.98 Å². The number of aromatic nitrogens is 1. The van der Waals surface area contributed by atoms with Gasteiger partial charge in [-0.1, -0.05) is 23.7 Å². The van der Waals surface area contributed by atoms with Crippen molar-refractivity contribution in [2.24, 2.45) is 11.7 Å². The van der Waals surface area contributed by atoms with Crippen LogP contribution in [0.5, 0.6) is 0 Å². The molecule has 3 aromatic rings. The van der Waals surface area contributed by atoms with E-state index in [0.29, 0.717) is 18.0 Å². The predicted molar refractivity (Wildman–Crippen MR) is 98.0 cm³/mol. The third kappa shape index (κ3) is 4.25. The van der Waals surface area contributed by atoms with Gasteiger partial charge in [0.1, 0.15) is 5.82 Å². The number of hydrogen-bond acceptors (Lipinski definition) is 3. The van der Waals surface area contributed by atoms with Gasteiger partial charge in [-0.05, 0) is 48.4 Å². The van der Waals surface area contributed by atoms with Crippen LogP contribution in [0.3, 0.4) is 0 Å². The largest absolute Gasteiger partial charge is 0.384 e. The Kier molecular flexibility index (Phi) is 5.14. The van der Waals surface area contributed by atoms with E-state index in [9.17, 15) is 9.18 Å². The Balaban J connectivity index is 1.77. The standard InChI is InChI=1S/C19H17ClFN3O/c20-14-3-6-17-16(10-14)18(7-8-23-17)24-11-13(19(22)25)9-12-1-4-15(21)5-2-12/h1-8,10,13H,9,11H2,(H2,22,25)(H,23,24). The number of carbonyl (C=O) groups is 1. The zero-order valence-electron chi connectivity index (χ0n) is 13.4. The molecule has 1 aromatic heterocycles. The Bertz CT molecular complexity index is 899. The number of primary amides is 1. The molecule has 0 spiro atoms. The van der Waals surface area contributed by atoms with Crippen LogP contribution in [0.4, 0.5) is 10.1 Å². The second-order valence-corrected chi connectivity index (χ2v) is 6.27. The highest BCUT2D eigenvalue weighted by atomic mass is 35.5. The molecular weight excluding hydrogens is 341 g/mol. The molecule has 0 fully saturated rings. The first-order chi connectivity index (χ1) is 12.0. The molecule has 0 bridgehead atoms. The number of anilines is 1. The second-order valence-electron chi connectivity index (χ2n) is 5.83. The lowest BCUT2D eigenvalue weighted by molar-refractivity contribution is -0.121. The number of nitrogens with zero attached hydrogens (tertiary/aromatic N) is 1. The summed E-state index contributed by atoms with van der Waals surface area (Å²) < 4.78 is 13.0. The normalized spacial score (nSPS) is 12.1. The summed E-state index contributed by atoms with van der Waals surface area (Å²) in [6, 6.07) is 13.3. The molecule has 1 amide bonds. The maximum Gasteiger partial charge on any atom is 0.222 e. The predicted octanol–water partition coefficient (Wildman–Crippen LogP) is 3.78. The fraction of sp³-hybridized carbons (Fsp3) is 0.158. The fourth-order valence-corrected chi connectivity index (χ4v) is 2.86. The molecule has 0 saturated heterocycles.